The molecule has 0 spiro atoms. The van der Waals surface area contributed by atoms with Crippen molar-refractivity contribution in [1.82, 2.24) is 4.98 Å². The number of benzene rings is 1. The van der Waals surface area contributed by atoms with E-state index in [1.807, 2.05) is 12.3 Å². The molecule has 2 aromatic rings. The summed E-state index contributed by atoms with van der Waals surface area (Å²) in [5, 5.41) is 6.10. The van der Waals surface area contributed by atoms with E-state index >= 15 is 0 Å². The number of thiazole rings is 1. The quantitative estimate of drug-likeness (QED) is 0.787. The summed E-state index contributed by atoms with van der Waals surface area (Å²) in [6.45, 7) is 4.38. The van der Waals surface area contributed by atoms with Gasteiger partial charge in [-0.3, -0.25) is 4.79 Å². The zero-order chi connectivity index (χ0) is 15.1. The van der Waals surface area contributed by atoms with Gasteiger partial charge < -0.3 is 10.1 Å². The van der Waals surface area contributed by atoms with E-state index in [1.165, 1.54) is 5.56 Å². The maximum absolute atomic E-state index is 11.3. The van der Waals surface area contributed by atoms with E-state index in [1.54, 1.807) is 11.3 Å². The van der Waals surface area contributed by atoms with Crippen LogP contribution in [0.15, 0.2) is 29.6 Å². The number of anilines is 2. The number of carbonyl (C=O) groups is 1. The SMILES string of the molecule is CCOC(=O)CCc1csc(Nc2ccc(CC)cc2)n1. The summed E-state index contributed by atoms with van der Waals surface area (Å²) in [6.07, 6.45) is 2.03. The standard InChI is InChI=1S/C16H20N2O2S/c1-3-12-5-7-13(8-6-12)17-16-18-14(11-21-16)9-10-15(19)20-4-2/h5-8,11H,3-4,9-10H2,1-2H3,(H,17,18). The first kappa shape index (κ1) is 15.5. The van der Waals surface area contributed by atoms with Crippen molar-refractivity contribution in [3.63, 3.8) is 0 Å². The van der Waals surface area contributed by atoms with Crippen molar-refractivity contribution in [2.45, 2.75) is 33.1 Å². The Morgan fingerprint density at radius 2 is 2.05 bits per heavy atom. The first-order valence-electron chi connectivity index (χ1n) is 7.17. The van der Waals surface area contributed by atoms with Gasteiger partial charge in [-0.2, -0.15) is 0 Å². The van der Waals surface area contributed by atoms with Crippen LogP contribution in [0.5, 0.6) is 0 Å². The third-order valence-electron chi connectivity index (χ3n) is 3.06. The highest BCUT2D eigenvalue weighted by atomic mass is 32.1. The van der Waals surface area contributed by atoms with E-state index in [0.29, 0.717) is 19.4 Å². The second-order valence-electron chi connectivity index (χ2n) is 4.62. The summed E-state index contributed by atoms with van der Waals surface area (Å²) in [7, 11) is 0. The Bertz CT molecular complexity index is 578. The van der Waals surface area contributed by atoms with Crippen LogP contribution in [0, 0.1) is 0 Å². The van der Waals surface area contributed by atoms with E-state index in [2.05, 4.69) is 41.5 Å². The number of hydrogen-bond donors (Lipinski definition) is 1. The highest BCUT2D eigenvalue weighted by molar-refractivity contribution is 7.13. The third-order valence-corrected chi connectivity index (χ3v) is 3.86. The minimum absolute atomic E-state index is 0.171. The number of aryl methyl sites for hydroxylation is 2. The van der Waals surface area contributed by atoms with Gasteiger partial charge in [-0.1, -0.05) is 19.1 Å². The van der Waals surface area contributed by atoms with Gasteiger partial charge in [-0.15, -0.1) is 11.3 Å². The zero-order valence-corrected chi connectivity index (χ0v) is 13.2. The monoisotopic (exact) mass is 304 g/mol. The Hall–Kier alpha value is -1.88. The summed E-state index contributed by atoms with van der Waals surface area (Å²) in [6, 6.07) is 8.33. The number of ether oxygens (including phenoxy) is 1. The van der Waals surface area contributed by atoms with Crippen molar-refractivity contribution in [2.75, 3.05) is 11.9 Å². The van der Waals surface area contributed by atoms with Crippen LogP contribution < -0.4 is 5.32 Å². The van der Waals surface area contributed by atoms with E-state index in [4.69, 9.17) is 4.74 Å². The Morgan fingerprint density at radius 3 is 2.71 bits per heavy atom. The third kappa shape index (κ3) is 4.86. The van der Waals surface area contributed by atoms with Crippen molar-refractivity contribution in [2.24, 2.45) is 0 Å². The lowest BCUT2D eigenvalue weighted by atomic mass is 10.1. The molecule has 0 bridgehead atoms. The predicted octanol–water partition coefficient (Wildman–Crippen LogP) is 3.94. The average molecular weight is 304 g/mol. The number of rotatable bonds is 7. The summed E-state index contributed by atoms with van der Waals surface area (Å²) < 4.78 is 4.91. The van der Waals surface area contributed by atoms with Gasteiger partial charge in [0.05, 0.1) is 18.7 Å². The van der Waals surface area contributed by atoms with Crippen LogP contribution in [0.3, 0.4) is 0 Å². The molecule has 1 heterocycles. The minimum Gasteiger partial charge on any atom is -0.466 e. The molecule has 0 aliphatic heterocycles. The van der Waals surface area contributed by atoms with Gasteiger partial charge in [-0.25, -0.2) is 4.98 Å². The molecule has 1 aromatic carbocycles. The van der Waals surface area contributed by atoms with E-state index in [9.17, 15) is 4.79 Å². The first-order chi connectivity index (χ1) is 10.2. The molecular formula is C16H20N2O2S. The lowest BCUT2D eigenvalue weighted by molar-refractivity contribution is -0.143. The molecule has 0 amide bonds. The molecule has 5 heteroatoms. The molecule has 0 saturated heterocycles. The molecule has 112 valence electrons. The number of esters is 1. The van der Waals surface area contributed by atoms with Gasteiger partial charge in [-0.05, 0) is 31.0 Å². The number of nitrogens with one attached hydrogen (secondary N) is 1. The van der Waals surface area contributed by atoms with Gasteiger partial charge in [0.1, 0.15) is 0 Å². The largest absolute Gasteiger partial charge is 0.466 e. The highest BCUT2D eigenvalue weighted by Crippen LogP contribution is 2.22. The molecular weight excluding hydrogens is 284 g/mol. The van der Waals surface area contributed by atoms with Gasteiger partial charge in [0, 0.05) is 17.5 Å². The van der Waals surface area contributed by atoms with Crippen LogP contribution in [-0.4, -0.2) is 17.6 Å². The van der Waals surface area contributed by atoms with E-state index in [0.717, 1.165) is 22.9 Å². The van der Waals surface area contributed by atoms with E-state index in [-0.39, 0.29) is 5.97 Å². The molecule has 0 saturated carbocycles. The molecule has 0 fully saturated rings. The smallest absolute Gasteiger partial charge is 0.306 e. The van der Waals surface area contributed by atoms with Gasteiger partial charge in [0.2, 0.25) is 0 Å². The normalized spacial score (nSPS) is 10.4. The average Bonchev–Trinajstić information content (AvgIpc) is 2.94. The van der Waals surface area contributed by atoms with Gasteiger partial charge >= 0.3 is 5.97 Å². The van der Waals surface area contributed by atoms with Crippen LogP contribution >= 0.6 is 11.3 Å². The lowest BCUT2D eigenvalue weighted by Crippen LogP contribution is -2.05. The predicted molar refractivity (Wildman–Crippen MR) is 86.2 cm³/mol. The Kier molecular flexibility index (Phi) is 5.75. The Labute approximate surface area is 129 Å². The van der Waals surface area contributed by atoms with Gasteiger partial charge in [0.25, 0.3) is 0 Å². The molecule has 21 heavy (non-hydrogen) atoms. The lowest BCUT2D eigenvalue weighted by Gasteiger charge is -2.03. The van der Waals surface area contributed by atoms with Crippen LogP contribution in [-0.2, 0) is 22.4 Å². The van der Waals surface area contributed by atoms with Crippen molar-refractivity contribution >= 4 is 28.1 Å². The fourth-order valence-corrected chi connectivity index (χ4v) is 2.65. The topological polar surface area (TPSA) is 51.2 Å². The molecule has 0 atom stereocenters. The van der Waals surface area contributed by atoms with E-state index < -0.39 is 0 Å². The molecule has 1 N–H and O–H groups in total. The van der Waals surface area contributed by atoms with Crippen LogP contribution in [0.2, 0.25) is 0 Å². The summed E-state index contributed by atoms with van der Waals surface area (Å²) in [5.74, 6) is -0.171. The molecule has 0 aliphatic rings. The highest BCUT2D eigenvalue weighted by Gasteiger charge is 2.06. The summed E-state index contributed by atoms with van der Waals surface area (Å²) >= 11 is 1.55. The van der Waals surface area contributed by atoms with Crippen molar-refractivity contribution in [1.29, 1.82) is 0 Å². The summed E-state index contributed by atoms with van der Waals surface area (Å²) in [4.78, 5) is 15.8. The maximum Gasteiger partial charge on any atom is 0.306 e. The second kappa shape index (κ2) is 7.78. The maximum atomic E-state index is 11.3. The van der Waals surface area contributed by atoms with Crippen molar-refractivity contribution in [3.05, 3.63) is 40.9 Å². The Balaban J connectivity index is 1.88. The number of nitrogens with zero attached hydrogens (tertiary/aromatic N) is 1. The second-order valence-corrected chi connectivity index (χ2v) is 5.48. The molecule has 1 aromatic heterocycles. The summed E-state index contributed by atoms with van der Waals surface area (Å²) in [5.41, 5.74) is 3.26. The molecule has 0 unspecified atom stereocenters. The first-order valence-corrected chi connectivity index (χ1v) is 8.05. The Morgan fingerprint density at radius 1 is 1.29 bits per heavy atom. The molecule has 0 aliphatic carbocycles. The van der Waals surface area contributed by atoms with Crippen LogP contribution in [0.25, 0.3) is 0 Å². The fourth-order valence-electron chi connectivity index (χ4n) is 1.89. The molecule has 4 nitrogen and oxygen atoms in total. The minimum atomic E-state index is -0.171. The molecule has 2 rings (SSSR count). The van der Waals surface area contributed by atoms with Crippen LogP contribution in [0.1, 0.15) is 31.5 Å². The number of carbonyl (C=O) groups excluding carboxylic acids is 1. The number of hydrogen-bond acceptors (Lipinski definition) is 5. The van der Waals surface area contributed by atoms with Gasteiger partial charge in [0.15, 0.2) is 5.13 Å². The fraction of sp³-hybridized carbons (Fsp3) is 0.375. The van der Waals surface area contributed by atoms with Crippen molar-refractivity contribution < 1.29 is 9.53 Å². The number of aromatic nitrogens is 1. The zero-order valence-electron chi connectivity index (χ0n) is 12.4. The van der Waals surface area contributed by atoms with Crippen molar-refractivity contribution in [3.8, 4) is 0 Å². The van der Waals surface area contributed by atoms with Crippen LogP contribution in [0.4, 0.5) is 10.8 Å². The molecule has 0 radical (unpaired) electrons.